The highest BCUT2D eigenvalue weighted by molar-refractivity contribution is 7.10. The summed E-state index contributed by atoms with van der Waals surface area (Å²) in [5.41, 5.74) is 0.566. The zero-order valence-corrected chi connectivity index (χ0v) is 11.2. The van der Waals surface area contributed by atoms with E-state index >= 15 is 0 Å². The van der Waals surface area contributed by atoms with E-state index in [1.54, 1.807) is 17.4 Å². The molecule has 1 heterocycles. The Bertz CT molecular complexity index is 513. The van der Waals surface area contributed by atoms with E-state index in [1.807, 2.05) is 18.4 Å². The summed E-state index contributed by atoms with van der Waals surface area (Å²) in [5, 5.41) is 14.6. The molecule has 2 N–H and O–H groups in total. The predicted molar refractivity (Wildman–Crippen MR) is 72.3 cm³/mol. The lowest BCUT2D eigenvalue weighted by molar-refractivity contribution is 0.456. The number of halogens is 1. The van der Waals surface area contributed by atoms with Crippen molar-refractivity contribution in [3.8, 4) is 5.75 Å². The van der Waals surface area contributed by atoms with Crippen molar-refractivity contribution in [2.45, 2.75) is 25.9 Å². The van der Waals surface area contributed by atoms with Crippen molar-refractivity contribution in [1.82, 2.24) is 5.32 Å². The minimum Gasteiger partial charge on any atom is -0.508 e. The summed E-state index contributed by atoms with van der Waals surface area (Å²) in [7, 11) is 0. The van der Waals surface area contributed by atoms with Crippen molar-refractivity contribution in [3.05, 3.63) is 52.0 Å². The fourth-order valence-electron chi connectivity index (χ4n) is 1.95. The van der Waals surface area contributed by atoms with Crippen LogP contribution in [0.2, 0.25) is 0 Å². The Morgan fingerprint density at radius 3 is 2.61 bits per heavy atom. The summed E-state index contributed by atoms with van der Waals surface area (Å²) in [6, 6.07) is 8.39. The fraction of sp³-hybridized carbons (Fsp3) is 0.286. The molecule has 2 rings (SSSR count). The molecular formula is C14H16FNOS. The SMILES string of the molecule is CC(N[C@H](C)c1cccs1)c1ccc(O)cc1F. The Hall–Kier alpha value is -1.39. The monoisotopic (exact) mass is 265 g/mol. The van der Waals surface area contributed by atoms with Crippen LogP contribution in [0.15, 0.2) is 35.7 Å². The minimum atomic E-state index is -0.381. The lowest BCUT2D eigenvalue weighted by Crippen LogP contribution is -2.22. The first-order valence-corrected chi connectivity index (χ1v) is 6.73. The van der Waals surface area contributed by atoms with E-state index in [4.69, 9.17) is 0 Å². The minimum absolute atomic E-state index is 0.0465. The number of hydrogen-bond donors (Lipinski definition) is 2. The molecule has 0 saturated heterocycles. The van der Waals surface area contributed by atoms with Crippen LogP contribution in [-0.2, 0) is 0 Å². The second kappa shape index (κ2) is 5.50. The van der Waals surface area contributed by atoms with Crippen LogP contribution in [0.3, 0.4) is 0 Å². The molecule has 2 aromatic rings. The molecule has 0 amide bonds. The van der Waals surface area contributed by atoms with Crippen LogP contribution >= 0.6 is 11.3 Å². The summed E-state index contributed by atoms with van der Waals surface area (Å²) < 4.78 is 13.7. The van der Waals surface area contributed by atoms with Gasteiger partial charge in [0.05, 0.1) is 0 Å². The molecule has 96 valence electrons. The highest BCUT2D eigenvalue weighted by Gasteiger charge is 2.15. The third-order valence-electron chi connectivity index (χ3n) is 2.92. The molecule has 18 heavy (non-hydrogen) atoms. The van der Waals surface area contributed by atoms with Gasteiger partial charge in [0.25, 0.3) is 0 Å². The van der Waals surface area contributed by atoms with E-state index in [-0.39, 0.29) is 23.7 Å². The number of rotatable bonds is 4. The van der Waals surface area contributed by atoms with Crippen molar-refractivity contribution in [2.24, 2.45) is 0 Å². The summed E-state index contributed by atoms with van der Waals surface area (Å²) >= 11 is 1.68. The van der Waals surface area contributed by atoms with Crippen molar-refractivity contribution in [3.63, 3.8) is 0 Å². The molecule has 0 spiro atoms. The van der Waals surface area contributed by atoms with Gasteiger partial charge in [-0.25, -0.2) is 4.39 Å². The Kier molecular flexibility index (Phi) is 3.99. The maximum Gasteiger partial charge on any atom is 0.131 e. The van der Waals surface area contributed by atoms with Crippen LogP contribution in [0.4, 0.5) is 4.39 Å². The van der Waals surface area contributed by atoms with Gasteiger partial charge in [-0.15, -0.1) is 11.3 Å². The second-order valence-corrected chi connectivity index (χ2v) is 5.31. The van der Waals surface area contributed by atoms with Crippen LogP contribution < -0.4 is 5.32 Å². The average molecular weight is 265 g/mol. The van der Waals surface area contributed by atoms with Gasteiger partial charge in [0, 0.05) is 28.6 Å². The summed E-state index contributed by atoms with van der Waals surface area (Å²) in [6.07, 6.45) is 0. The summed E-state index contributed by atoms with van der Waals surface area (Å²) in [5.74, 6) is -0.428. The van der Waals surface area contributed by atoms with E-state index in [0.717, 1.165) is 6.07 Å². The molecule has 0 aliphatic heterocycles. The number of nitrogens with one attached hydrogen (secondary N) is 1. The maximum atomic E-state index is 13.7. The van der Waals surface area contributed by atoms with Crippen molar-refractivity contribution >= 4 is 11.3 Å². The molecule has 1 aromatic carbocycles. The summed E-state index contributed by atoms with van der Waals surface area (Å²) in [6.45, 7) is 3.97. The van der Waals surface area contributed by atoms with Gasteiger partial charge in [0.1, 0.15) is 11.6 Å². The quantitative estimate of drug-likeness (QED) is 0.875. The Labute approximate surface area is 110 Å². The molecular weight excluding hydrogens is 249 g/mol. The Balaban J connectivity index is 2.10. The van der Waals surface area contributed by atoms with Gasteiger partial charge < -0.3 is 10.4 Å². The van der Waals surface area contributed by atoms with Crippen molar-refractivity contribution in [2.75, 3.05) is 0 Å². The normalized spacial score (nSPS) is 14.4. The van der Waals surface area contributed by atoms with Crippen molar-refractivity contribution < 1.29 is 9.50 Å². The van der Waals surface area contributed by atoms with Gasteiger partial charge in [-0.1, -0.05) is 12.1 Å². The maximum absolute atomic E-state index is 13.7. The van der Waals surface area contributed by atoms with Crippen LogP contribution in [0.5, 0.6) is 5.75 Å². The van der Waals surface area contributed by atoms with E-state index in [0.29, 0.717) is 5.56 Å². The van der Waals surface area contributed by atoms with Crippen LogP contribution in [0, 0.1) is 5.82 Å². The lowest BCUT2D eigenvalue weighted by Gasteiger charge is -2.20. The zero-order valence-electron chi connectivity index (χ0n) is 10.4. The molecule has 0 bridgehead atoms. The number of thiophene rings is 1. The van der Waals surface area contributed by atoms with Gasteiger partial charge in [-0.05, 0) is 31.4 Å². The van der Waals surface area contributed by atoms with Crippen LogP contribution in [0.1, 0.15) is 36.4 Å². The standard InChI is InChI=1S/C14H16FNOS/c1-9(12-6-5-11(17)8-13(12)15)16-10(2)14-4-3-7-18-14/h3-10,16-17H,1-2H3/t9?,10-/m1/s1. The molecule has 2 atom stereocenters. The number of phenolic OH excluding ortho intramolecular Hbond substituents is 1. The topological polar surface area (TPSA) is 32.3 Å². The molecule has 0 saturated carbocycles. The van der Waals surface area contributed by atoms with Gasteiger partial charge in [0.2, 0.25) is 0 Å². The highest BCUT2D eigenvalue weighted by Crippen LogP contribution is 2.25. The highest BCUT2D eigenvalue weighted by atomic mass is 32.1. The average Bonchev–Trinajstić information content (AvgIpc) is 2.81. The van der Waals surface area contributed by atoms with Gasteiger partial charge in [-0.2, -0.15) is 0 Å². The molecule has 1 aromatic heterocycles. The van der Waals surface area contributed by atoms with Gasteiger partial charge in [0.15, 0.2) is 0 Å². The van der Waals surface area contributed by atoms with E-state index in [2.05, 4.69) is 18.3 Å². The first-order valence-electron chi connectivity index (χ1n) is 5.86. The number of aromatic hydroxyl groups is 1. The van der Waals surface area contributed by atoms with E-state index < -0.39 is 0 Å². The third kappa shape index (κ3) is 2.89. The molecule has 0 radical (unpaired) electrons. The van der Waals surface area contributed by atoms with E-state index in [9.17, 15) is 9.50 Å². The second-order valence-electron chi connectivity index (χ2n) is 4.33. The van der Waals surface area contributed by atoms with Crippen LogP contribution in [-0.4, -0.2) is 5.11 Å². The molecule has 0 fully saturated rings. The number of benzene rings is 1. The van der Waals surface area contributed by atoms with Gasteiger partial charge >= 0.3 is 0 Å². The van der Waals surface area contributed by atoms with Crippen LogP contribution in [0.25, 0.3) is 0 Å². The van der Waals surface area contributed by atoms with Gasteiger partial charge in [-0.3, -0.25) is 0 Å². The molecule has 4 heteroatoms. The first kappa shape index (κ1) is 13.1. The molecule has 1 unspecified atom stereocenters. The smallest absolute Gasteiger partial charge is 0.131 e. The first-order chi connectivity index (χ1) is 8.58. The van der Waals surface area contributed by atoms with E-state index in [1.165, 1.54) is 10.9 Å². The molecule has 0 aliphatic rings. The Morgan fingerprint density at radius 1 is 1.22 bits per heavy atom. The fourth-order valence-corrected chi connectivity index (χ4v) is 2.70. The molecule has 0 aliphatic carbocycles. The third-order valence-corrected chi connectivity index (χ3v) is 3.98. The lowest BCUT2D eigenvalue weighted by atomic mass is 10.1. The predicted octanol–water partition coefficient (Wildman–Crippen LogP) is 4.00. The number of phenols is 1. The van der Waals surface area contributed by atoms with Crippen molar-refractivity contribution in [1.29, 1.82) is 0 Å². The Morgan fingerprint density at radius 2 is 2.00 bits per heavy atom. The largest absolute Gasteiger partial charge is 0.508 e. The number of hydrogen-bond acceptors (Lipinski definition) is 3. The summed E-state index contributed by atoms with van der Waals surface area (Å²) in [4.78, 5) is 1.22. The molecule has 2 nitrogen and oxygen atoms in total. The zero-order chi connectivity index (χ0) is 13.1.